The Balaban J connectivity index is 1.46. The second kappa shape index (κ2) is 10.3. The van der Waals surface area contributed by atoms with E-state index < -0.39 is 0 Å². The van der Waals surface area contributed by atoms with Gasteiger partial charge in [-0.05, 0) is 55.5 Å². The molecule has 3 N–H and O–H groups in total. The summed E-state index contributed by atoms with van der Waals surface area (Å²) in [6, 6.07) is 16.2. The standard InChI is InChI=1S/C23H32N4O2/c1-4-26-13-15-27(16-14-26)21-9-7-20(8-10-21)24-23(28)18-25(2)17-19-5-11-22(29-3)12-6-19/h5-12H,4,13-18H2,1-3H3,(H,24,28)/p+2. The summed E-state index contributed by atoms with van der Waals surface area (Å²) >= 11 is 0. The van der Waals surface area contributed by atoms with Crippen molar-refractivity contribution in [3.63, 3.8) is 0 Å². The molecule has 0 aromatic heterocycles. The SMILES string of the molecule is CC[NH+]1CCN(c2ccc(NC(=O)C[NH+](C)Cc3ccc(OC)cc3)cc2)CC1. The number of quaternary nitrogens is 2. The predicted molar refractivity (Wildman–Crippen MR) is 117 cm³/mol. The van der Waals surface area contributed by atoms with Gasteiger partial charge in [0.1, 0.15) is 12.3 Å². The first kappa shape index (κ1) is 21.1. The van der Waals surface area contributed by atoms with Crippen molar-refractivity contribution in [1.29, 1.82) is 0 Å². The number of hydrogen-bond donors (Lipinski definition) is 3. The van der Waals surface area contributed by atoms with Gasteiger partial charge in [0.05, 0.1) is 46.9 Å². The number of nitrogens with zero attached hydrogens (tertiary/aromatic N) is 1. The summed E-state index contributed by atoms with van der Waals surface area (Å²) in [5.41, 5.74) is 3.28. The molecule has 2 aromatic rings. The molecular formula is C23H34N4O2+2. The minimum absolute atomic E-state index is 0.0314. The highest BCUT2D eigenvalue weighted by Gasteiger charge is 2.18. The molecule has 0 radical (unpaired) electrons. The van der Waals surface area contributed by atoms with Crippen molar-refractivity contribution in [3.05, 3.63) is 54.1 Å². The van der Waals surface area contributed by atoms with Crippen molar-refractivity contribution < 1.29 is 19.3 Å². The first-order valence-corrected chi connectivity index (χ1v) is 10.5. The van der Waals surface area contributed by atoms with E-state index in [9.17, 15) is 4.79 Å². The summed E-state index contributed by atoms with van der Waals surface area (Å²) in [5, 5.41) is 3.02. The average molecular weight is 399 g/mol. The molecule has 1 fully saturated rings. The number of nitrogens with one attached hydrogen (secondary N) is 3. The fraction of sp³-hybridized carbons (Fsp3) is 0.435. The number of methoxy groups -OCH3 is 1. The Morgan fingerprint density at radius 1 is 1.10 bits per heavy atom. The lowest BCUT2D eigenvalue weighted by Gasteiger charge is -2.33. The lowest BCUT2D eigenvalue weighted by Crippen LogP contribution is -3.14. The molecule has 0 saturated carbocycles. The molecule has 2 aromatic carbocycles. The molecule has 1 aliphatic heterocycles. The number of carbonyl (C=O) groups is 1. The molecule has 6 heteroatoms. The van der Waals surface area contributed by atoms with E-state index in [1.54, 1.807) is 12.0 Å². The summed E-state index contributed by atoms with van der Waals surface area (Å²) in [5.74, 6) is 0.880. The van der Waals surface area contributed by atoms with E-state index in [1.807, 2.05) is 43.4 Å². The number of rotatable bonds is 8. The second-order valence-electron chi connectivity index (χ2n) is 7.84. The number of carbonyl (C=O) groups excluding carboxylic acids is 1. The van der Waals surface area contributed by atoms with Gasteiger partial charge in [-0.3, -0.25) is 4.79 Å². The second-order valence-corrected chi connectivity index (χ2v) is 7.84. The monoisotopic (exact) mass is 398 g/mol. The molecule has 29 heavy (non-hydrogen) atoms. The number of anilines is 2. The van der Waals surface area contributed by atoms with Gasteiger partial charge in [0.25, 0.3) is 5.91 Å². The lowest BCUT2D eigenvalue weighted by molar-refractivity contribution is -0.898. The first-order chi connectivity index (χ1) is 14.1. The minimum atomic E-state index is 0.0314. The number of hydrogen-bond acceptors (Lipinski definition) is 3. The third-order valence-electron chi connectivity index (χ3n) is 5.61. The number of benzene rings is 2. The molecule has 1 atom stereocenters. The van der Waals surface area contributed by atoms with E-state index >= 15 is 0 Å². The van der Waals surface area contributed by atoms with Gasteiger partial charge in [-0.25, -0.2) is 0 Å². The van der Waals surface area contributed by atoms with Gasteiger partial charge in [-0.1, -0.05) is 0 Å². The van der Waals surface area contributed by atoms with Gasteiger partial charge < -0.3 is 24.8 Å². The van der Waals surface area contributed by atoms with Crippen LogP contribution in [-0.2, 0) is 11.3 Å². The molecule has 0 spiro atoms. The fourth-order valence-corrected chi connectivity index (χ4v) is 3.82. The van der Waals surface area contributed by atoms with E-state index in [0.717, 1.165) is 36.0 Å². The Morgan fingerprint density at radius 2 is 1.76 bits per heavy atom. The van der Waals surface area contributed by atoms with Crippen LogP contribution in [0.5, 0.6) is 5.75 Å². The first-order valence-electron chi connectivity index (χ1n) is 10.5. The molecule has 1 saturated heterocycles. The maximum absolute atomic E-state index is 12.4. The van der Waals surface area contributed by atoms with Crippen LogP contribution in [0.1, 0.15) is 12.5 Å². The van der Waals surface area contributed by atoms with E-state index in [0.29, 0.717) is 6.54 Å². The quantitative estimate of drug-likeness (QED) is 0.590. The van der Waals surface area contributed by atoms with Crippen molar-refractivity contribution in [2.75, 3.05) is 63.6 Å². The number of ether oxygens (including phenoxy) is 1. The van der Waals surface area contributed by atoms with Crippen LogP contribution in [0.2, 0.25) is 0 Å². The van der Waals surface area contributed by atoms with E-state index in [1.165, 1.54) is 30.9 Å². The van der Waals surface area contributed by atoms with Crippen molar-refractivity contribution in [2.45, 2.75) is 13.5 Å². The number of amides is 1. The Bertz CT molecular complexity index is 768. The van der Waals surface area contributed by atoms with E-state index in [4.69, 9.17) is 4.74 Å². The minimum Gasteiger partial charge on any atom is -0.497 e. The summed E-state index contributed by atoms with van der Waals surface area (Å²) in [6.45, 7) is 9.24. The third kappa shape index (κ3) is 6.21. The van der Waals surface area contributed by atoms with E-state index in [2.05, 4.69) is 29.3 Å². The van der Waals surface area contributed by atoms with E-state index in [-0.39, 0.29) is 5.91 Å². The van der Waals surface area contributed by atoms with Crippen LogP contribution in [0, 0.1) is 0 Å². The van der Waals surface area contributed by atoms with Crippen LogP contribution >= 0.6 is 0 Å². The van der Waals surface area contributed by atoms with Crippen LogP contribution in [0.15, 0.2) is 48.5 Å². The predicted octanol–water partition coefficient (Wildman–Crippen LogP) is 0.0734. The van der Waals surface area contributed by atoms with Crippen LogP contribution in [0.4, 0.5) is 11.4 Å². The molecule has 0 aliphatic carbocycles. The van der Waals surface area contributed by atoms with Crippen molar-refractivity contribution in [1.82, 2.24) is 0 Å². The molecule has 0 bridgehead atoms. The van der Waals surface area contributed by atoms with Gasteiger partial charge >= 0.3 is 0 Å². The summed E-state index contributed by atoms with van der Waals surface area (Å²) in [4.78, 5) is 17.6. The highest BCUT2D eigenvalue weighted by Crippen LogP contribution is 2.18. The van der Waals surface area contributed by atoms with Gasteiger partial charge in [0.2, 0.25) is 0 Å². The largest absolute Gasteiger partial charge is 0.497 e. The molecule has 1 heterocycles. The maximum atomic E-state index is 12.4. The lowest BCUT2D eigenvalue weighted by atomic mass is 10.2. The molecule has 1 amide bonds. The van der Waals surface area contributed by atoms with Crippen LogP contribution < -0.4 is 24.8 Å². The van der Waals surface area contributed by atoms with Gasteiger partial charge in [0.15, 0.2) is 6.54 Å². The zero-order chi connectivity index (χ0) is 20.6. The Kier molecular flexibility index (Phi) is 7.49. The topological polar surface area (TPSA) is 50.5 Å². The zero-order valence-corrected chi connectivity index (χ0v) is 17.8. The van der Waals surface area contributed by atoms with Gasteiger partial charge in [-0.15, -0.1) is 0 Å². The van der Waals surface area contributed by atoms with Gasteiger partial charge in [0, 0.05) is 16.9 Å². The highest BCUT2D eigenvalue weighted by molar-refractivity contribution is 5.91. The average Bonchev–Trinajstić information content (AvgIpc) is 2.74. The summed E-state index contributed by atoms with van der Waals surface area (Å²) in [7, 11) is 3.70. The van der Waals surface area contributed by atoms with Crippen molar-refractivity contribution >= 4 is 17.3 Å². The molecular weight excluding hydrogens is 364 g/mol. The normalized spacial score (nSPS) is 15.8. The van der Waals surface area contributed by atoms with Crippen molar-refractivity contribution in [3.8, 4) is 5.75 Å². The zero-order valence-electron chi connectivity index (χ0n) is 17.8. The highest BCUT2D eigenvalue weighted by atomic mass is 16.5. The Labute approximate surface area is 174 Å². The molecule has 1 aliphatic rings. The van der Waals surface area contributed by atoms with Gasteiger partial charge in [-0.2, -0.15) is 0 Å². The molecule has 3 rings (SSSR count). The molecule has 6 nitrogen and oxygen atoms in total. The van der Waals surface area contributed by atoms with Crippen LogP contribution in [0.3, 0.4) is 0 Å². The molecule has 156 valence electrons. The van der Waals surface area contributed by atoms with Crippen LogP contribution in [0.25, 0.3) is 0 Å². The number of piperazine rings is 1. The van der Waals surface area contributed by atoms with Crippen LogP contribution in [-0.4, -0.2) is 59.3 Å². The fourth-order valence-electron chi connectivity index (χ4n) is 3.82. The maximum Gasteiger partial charge on any atom is 0.279 e. The Morgan fingerprint density at radius 3 is 2.34 bits per heavy atom. The smallest absolute Gasteiger partial charge is 0.279 e. The Hall–Kier alpha value is -2.57. The molecule has 1 unspecified atom stereocenters. The summed E-state index contributed by atoms with van der Waals surface area (Å²) < 4.78 is 5.19. The third-order valence-corrected chi connectivity index (χ3v) is 5.61. The number of likely N-dealkylation sites (N-methyl/N-ethyl adjacent to an activating group) is 2. The summed E-state index contributed by atoms with van der Waals surface area (Å²) in [6.07, 6.45) is 0. The van der Waals surface area contributed by atoms with Crippen molar-refractivity contribution in [2.24, 2.45) is 0 Å².